The van der Waals surface area contributed by atoms with E-state index in [9.17, 15) is 4.79 Å². The van der Waals surface area contributed by atoms with Crippen molar-refractivity contribution in [2.24, 2.45) is 5.73 Å². The van der Waals surface area contributed by atoms with Crippen molar-refractivity contribution in [1.82, 2.24) is 0 Å². The highest BCUT2D eigenvalue weighted by atomic mass is 79.9. The lowest BCUT2D eigenvalue weighted by Crippen LogP contribution is -2.14. The van der Waals surface area contributed by atoms with Crippen LogP contribution in [-0.2, 0) is 6.61 Å². The number of rotatable bonds is 5. The molecule has 0 unspecified atom stereocenters. The van der Waals surface area contributed by atoms with Crippen LogP contribution in [0, 0.1) is 0 Å². The number of primary amides is 1. The molecule has 0 aliphatic heterocycles. The van der Waals surface area contributed by atoms with E-state index in [1.807, 2.05) is 18.2 Å². The van der Waals surface area contributed by atoms with E-state index in [-0.39, 0.29) is 12.2 Å². The van der Waals surface area contributed by atoms with Crippen LogP contribution < -0.4 is 20.9 Å². The Morgan fingerprint density at radius 2 is 2.05 bits per heavy atom. The molecule has 0 spiro atoms. The van der Waals surface area contributed by atoms with Crippen molar-refractivity contribution in [3.63, 3.8) is 0 Å². The van der Waals surface area contributed by atoms with Crippen LogP contribution >= 0.6 is 15.9 Å². The molecule has 0 aliphatic carbocycles. The van der Waals surface area contributed by atoms with Crippen molar-refractivity contribution in [2.45, 2.75) is 6.61 Å². The molecule has 2 rings (SSSR count). The maximum atomic E-state index is 11.4. The Morgan fingerprint density at radius 1 is 1.29 bits per heavy atom. The number of benzene rings is 2. The van der Waals surface area contributed by atoms with Crippen molar-refractivity contribution in [2.75, 3.05) is 12.8 Å². The van der Waals surface area contributed by atoms with Crippen molar-refractivity contribution in [3.8, 4) is 11.5 Å². The molecule has 2 aromatic rings. The first-order chi connectivity index (χ1) is 10.0. The van der Waals surface area contributed by atoms with Crippen molar-refractivity contribution >= 4 is 27.5 Å². The number of halogens is 1. The van der Waals surface area contributed by atoms with E-state index in [1.54, 1.807) is 25.3 Å². The predicted octanol–water partition coefficient (Wildman–Crippen LogP) is 2.72. The van der Waals surface area contributed by atoms with Crippen LogP contribution in [-0.4, -0.2) is 13.0 Å². The number of hydrogen-bond donors (Lipinski definition) is 2. The number of anilines is 1. The fourth-order valence-electron chi connectivity index (χ4n) is 1.85. The van der Waals surface area contributed by atoms with Gasteiger partial charge in [-0.05, 0) is 30.3 Å². The minimum absolute atomic E-state index is 0.228. The number of amides is 1. The number of hydrogen-bond acceptors (Lipinski definition) is 4. The van der Waals surface area contributed by atoms with Crippen molar-refractivity contribution in [3.05, 3.63) is 52.0 Å². The van der Waals surface area contributed by atoms with Crippen LogP contribution in [0.15, 0.2) is 40.9 Å². The molecule has 4 N–H and O–H groups in total. The monoisotopic (exact) mass is 350 g/mol. The van der Waals surface area contributed by atoms with E-state index in [0.29, 0.717) is 17.2 Å². The third kappa shape index (κ3) is 3.46. The van der Waals surface area contributed by atoms with Gasteiger partial charge in [0.05, 0.1) is 18.4 Å². The summed E-state index contributed by atoms with van der Waals surface area (Å²) < 4.78 is 11.7. The molecular formula is C15H15BrN2O3. The number of carbonyl (C=O) groups is 1. The Bertz CT molecular complexity index is 674. The zero-order valence-electron chi connectivity index (χ0n) is 11.4. The lowest BCUT2D eigenvalue weighted by molar-refractivity contribution is 0.0996. The largest absolute Gasteiger partial charge is 0.497 e. The SMILES string of the molecule is COc1ccc(Br)c(COc2c(N)cccc2C(N)=O)c1. The van der Waals surface area contributed by atoms with Gasteiger partial charge in [-0.25, -0.2) is 0 Å². The van der Waals surface area contributed by atoms with E-state index in [1.165, 1.54) is 0 Å². The summed E-state index contributed by atoms with van der Waals surface area (Å²) in [6, 6.07) is 10.4. The molecule has 21 heavy (non-hydrogen) atoms. The van der Waals surface area contributed by atoms with Gasteiger partial charge in [-0.3, -0.25) is 4.79 Å². The first-order valence-corrected chi connectivity index (χ1v) is 6.95. The zero-order valence-corrected chi connectivity index (χ0v) is 13.0. The van der Waals surface area contributed by atoms with Crippen LogP contribution in [0.5, 0.6) is 11.5 Å². The average molecular weight is 351 g/mol. The normalized spacial score (nSPS) is 10.2. The molecule has 0 atom stereocenters. The van der Waals surface area contributed by atoms with Gasteiger partial charge >= 0.3 is 0 Å². The van der Waals surface area contributed by atoms with E-state index >= 15 is 0 Å². The maximum Gasteiger partial charge on any atom is 0.252 e. The summed E-state index contributed by atoms with van der Waals surface area (Å²) in [5.41, 5.74) is 12.7. The third-order valence-corrected chi connectivity index (χ3v) is 3.71. The topological polar surface area (TPSA) is 87.6 Å². The van der Waals surface area contributed by atoms with E-state index in [4.69, 9.17) is 20.9 Å². The summed E-state index contributed by atoms with van der Waals surface area (Å²) in [7, 11) is 1.59. The molecule has 6 heteroatoms. The Hall–Kier alpha value is -2.21. The fraction of sp³-hybridized carbons (Fsp3) is 0.133. The molecule has 110 valence electrons. The summed E-state index contributed by atoms with van der Waals surface area (Å²) in [6.07, 6.45) is 0. The molecule has 0 bridgehead atoms. The van der Waals surface area contributed by atoms with Crippen molar-refractivity contribution < 1.29 is 14.3 Å². The quantitative estimate of drug-likeness (QED) is 0.811. The summed E-state index contributed by atoms with van der Waals surface area (Å²) in [4.78, 5) is 11.4. The lowest BCUT2D eigenvalue weighted by Gasteiger charge is -2.13. The van der Waals surface area contributed by atoms with Gasteiger partial charge in [0.1, 0.15) is 12.4 Å². The first-order valence-electron chi connectivity index (χ1n) is 6.16. The standard InChI is InChI=1S/C15H15BrN2O3/c1-20-10-5-6-12(16)9(7-10)8-21-14-11(15(18)19)3-2-4-13(14)17/h2-7H,8,17H2,1H3,(H2,18,19). The highest BCUT2D eigenvalue weighted by Crippen LogP contribution is 2.29. The summed E-state index contributed by atoms with van der Waals surface area (Å²) in [6.45, 7) is 0.228. The first kappa shape index (κ1) is 15.2. The molecule has 0 saturated carbocycles. The van der Waals surface area contributed by atoms with Gasteiger partial charge in [0.25, 0.3) is 5.91 Å². The molecule has 0 radical (unpaired) electrons. The van der Waals surface area contributed by atoms with Crippen LogP contribution in [0.4, 0.5) is 5.69 Å². The highest BCUT2D eigenvalue weighted by Gasteiger charge is 2.13. The molecule has 1 amide bonds. The number of para-hydroxylation sites is 1. The molecule has 0 saturated heterocycles. The minimum Gasteiger partial charge on any atom is -0.497 e. The Balaban J connectivity index is 2.26. The molecule has 5 nitrogen and oxygen atoms in total. The maximum absolute atomic E-state index is 11.4. The molecular weight excluding hydrogens is 336 g/mol. The molecule has 0 heterocycles. The van der Waals surface area contributed by atoms with Gasteiger partial charge in [0.15, 0.2) is 5.75 Å². The number of nitrogens with two attached hydrogens (primary N) is 2. The summed E-state index contributed by atoms with van der Waals surface area (Å²) >= 11 is 3.44. The molecule has 2 aromatic carbocycles. The Morgan fingerprint density at radius 3 is 2.71 bits per heavy atom. The fourth-order valence-corrected chi connectivity index (χ4v) is 2.21. The second kappa shape index (κ2) is 6.49. The second-order valence-corrected chi connectivity index (χ2v) is 5.19. The Kier molecular flexibility index (Phi) is 4.70. The molecule has 0 aliphatic rings. The van der Waals surface area contributed by atoms with Crippen LogP contribution in [0.1, 0.15) is 15.9 Å². The van der Waals surface area contributed by atoms with Crippen LogP contribution in [0.25, 0.3) is 0 Å². The zero-order chi connectivity index (χ0) is 15.4. The number of nitrogen functional groups attached to an aromatic ring is 1. The molecule has 0 fully saturated rings. The van der Waals surface area contributed by atoms with Gasteiger partial charge in [-0.15, -0.1) is 0 Å². The van der Waals surface area contributed by atoms with Gasteiger partial charge in [0, 0.05) is 10.0 Å². The van der Waals surface area contributed by atoms with Gasteiger partial charge < -0.3 is 20.9 Å². The van der Waals surface area contributed by atoms with Crippen molar-refractivity contribution in [1.29, 1.82) is 0 Å². The van der Waals surface area contributed by atoms with E-state index in [2.05, 4.69) is 15.9 Å². The van der Waals surface area contributed by atoms with Gasteiger partial charge in [-0.2, -0.15) is 0 Å². The second-order valence-electron chi connectivity index (χ2n) is 4.33. The van der Waals surface area contributed by atoms with Crippen LogP contribution in [0.2, 0.25) is 0 Å². The number of carbonyl (C=O) groups excluding carboxylic acids is 1. The average Bonchev–Trinajstić information content (AvgIpc) is 2.47. The molecule has 0 aromatic heterocycles. The summed E-state index contributed by atoms with van der Waals surface area (Å²) in [5, 5.41) is 0. The predicted molar refractivity (Wildman–Crippen MR) is 84.4 cm³/mol. The minimum atomic E-state index is -0.581. The number of methoxy groups -OCH3 is 1. The van der Waals surface area contributed by atoms with Gasteiger partial charge in [-0.1, -0.05) is 22.0 Å². The van der Waals surface area contributed by atoms with E-state index in [0.717, 1.165) is 10.0 Å². The number of ether oxygens (including phenoxy) is 2. The van der Waals surface area contributed by atoms with E-state index < -0.39 is 5.91 Å². The lowest BCUT2D eigenvalue weighted by atomic mass is 10.1. The Labute approximate surface area is 131 Å². The third-order valence-electron chi connectivity index (χ3n) is 2.94. The summed E-state index contributed by atoms with van der Waals surface area (Å²) in [5.74, 6) is 0.426. The smallest absolute Gasteiger partial charge is 0.252 e. The van der Waals surface area contributed by atoms with Gasteiger partial charge in [0.2, 0.25) is 0 Å². The van der Waals surface area contributed by atoms with Crippen LogP contribution in [0.3, 0.4) is 0 Å². The highest BCUT2D eigenvalue weighted by molar-refractivity contribution is 9.10.